The third kappa shape index (κ3) is 37.9. The number of nitriles is 1. The third-order valence-corrected chi connectivity index (χ3v) is 22.6. The number of nitrogens with zero attached hydrogens (tertiary/aromatic N) is 4. The molecule has 0 atom stereocenters. The maximum atomic E-state index is 14.1. The highest BCUT2D eigenvalue weighted by Gasteiger charge is 2.50. The number of ether oxygens (including phenoxy) is 7. The zero-order valence-corrected chi connectivity index (χ0v) is 83.7. The number of alkyl halides is 14. The zero-order chi connectivity index (χ0) is 105. The molecule has 15 nitrogen and oxygen atoms in total. The zero-order valence-electron chi connectivity index (χ0n) is 82.9. The molecule has 0 unspecified atom stereocenters. The van der Waals surface area contributed by atoms with Crippen LogP contribution in [-0.2, 0) is 82.5 Å². The minimum Gasteiger partial charge on any atom is -0.366 e. The molecule has 0 spiro atoms. The van der Waals surface area contributed by atoms with Crippen molar-refractivity contribution in [2.75, 3.05) is 19.5 Å². The molecule has 11 rings (SSSR count). The second kappa shape index (κ2) is 49.8. The van der Waals surface area contributed by atoms with Crippen molar-refractivity contribution in [1.82, 2.24) is 14.8 Å². The van der Waals surface area contributed by atoms with E-state index in [1.807, 2.05) is 121 Å². The molecule has 0 aliphatic heterocycles. The van der Waals surface area contributed by atoms with Crippen LogP contribution in [0.2, 0.25) is 0 Å². The normalized spacial score (nSPS) is 13.2. The molecular weight excluding hydrogens is 1850 g/mol. The highest BCUT2D eigenvalue weighted by molar-refractivity contribution is 7.90. The van der Waals surface area contributed by atoms with Gasteiger partial charge in [-0.1, -0.05) is 297 Å². The molecule has 1 aliphatic carbocycles. The summed E-state index contributed by atoms with van der Waals surface area (Å²) in [6, 6.07) is 64.0. The predicted octanol–water partition coefficient (Wildman–Crippen LogP) is 29.7. The van der Waals surface area contributed by atoms with Gasteiger partial charge in [0.1, 0.15) is 11.6 Å². The number of para-hydroxylation sites is 1. The molecule has 2 heterocycles. The van der Waals surface area contributed by atoms with Crippen molar-refractivity contribution < 1.29 is 117 Å². The number of rotatable bonds is 30. The molecule has 1 aliphatic rings. The number of pyridine rings is 1. The van der Waals surface area contributed by atoms with Gasteiger partial charge in [-0.25, -0.2) is 21.9 Å². The fraction of sp³-hybridized carbons (Fsp3) is 0.458. The van der Waals surface area contributed by atoms with Crippen molar-refractivity contribution in [2.24, 2.45) is 43.6 Å². The lowest BCUT2D eigenvalue weighted by atomic mass is 9.89. The lowest BCUT2D eigenvalue weighted by molar-refractivity contribution is -0.301. The Hall–Kier alpha value is -10.4. The lowest BCUT2D eigenvalue weighted by Gasteiger charge is -2.30. The Morgan fingerprint density at radius 2 is 0.820 bits per heavy atom. The highest BCUT2D eigenvalue weighted by Crippen LogP contribution is 2.45. The topological polar surface area (TPSA) is 196 Å². The van der Waals surface area contributed by atoms with E-state index in [0.29, 0.717) is 40.2 Å². The maximum absolute atomic E-state index is 14.1. The SMILES string of the molecule is CC(C)(C)C(F)(F)OCCC(c1ccccc1)c1ccccc1.CC(C)(C)C(F)(F)OCCc1c(F)cccc1F.CC(C)(C)C(F)(F)OCc1ccc(S(C)(=O)=O)cc1.CC(C)(C)C(F)(F)OCc1cccc(C#N)c1.CC(C)(C)C(F)(F)OCc1cccc(C(N)=O)c1.CC(C)(C)C(F)(F)OCc1ccccc1-c1ccc(C2CC2)nc1.CC(C)(C)C(F)(F)OCc1ccccc1-n1cccn1. The van der Waals surface area contributed by atoms with Crippen molar-refractivity contribution in [1.29, 1.82) is 5.26 Å². The van der Waals surface area contributed by atoms with Crippen LogP contribution in [0.3, 0.4) is 0 Å². The minimum absolute atomic E-state index is 0.0126. The summed E-state index contributed by atoms with van der Waals surface area (Å²) < 4.78 is 276. The number of amides is 1. The fourth-order valence-corrected chi connectivity index (χ4v) is 12.0. The van der Waals surface area contributed by atoms with E-state index in [4.69, 9.17) is 25.2 Å². The van der Waals surface area contributed by atoms with Crippen molar-refractivity contribution in [3.05, 3.63) is 310 Å². The summed E-state index contributed by atoms with van der Waals surface area (Å²) in [6.45, 7) is 28.3. The largest absolute Gasteiger partial charge is 0.366 e. The van der Waals surface area contributed by atoms with E-state index in [2.05, 4.69) is 29.0 Å². The van der Waals surface area contributed by atoms with Gasteiger partial charge in [0.25, 0.3) is 0 Å². The van der Waals surface area contributed by atoms with Crippen molar-refractivity contribution >= 4 is 15.7 Å². The van der Waals surface area contributed by atoms with Crippen LogP contribution in [0.15, 0.2) is 242 Å². The smallest absolute Gasteiger partial charge is 0.360 e. The van der Waals surface area contributed by atoms with Crippen LogP contribution in [0.1, 0.15) is 243 Å². The molecule has 0 radical (unpaired) electrons. The molecule has 2 N–H and O–H groups in total. The van der Waals surface area contributed by atoms with E-state index in [1.54, 1.807) is 71.7 Å². The third-order valence-electron chi connectivity index (χ3n) is 21.5. The summed E-state index contributed by atoms with van der Waals surface area (Å²) >= 11 is 0. The average molecular weight is 1980 g/mol. The summed E-state index contributed by atoms with van der Waals surface area (Å²) in [5, 5.41) is 12.8. The van der Waals surface area contributed by atoms with Crippen LogP contribution in [0.4, 0.5) is 70.2 Å². The molecule has 32 heteroatoms. The number of benzene rings is 8. The molecule has 2 aromatic heterocycles. The van der Waals surface area contributed by atoms with Gasteiger partial charge in [0, 0.05) is 71.1 Å². The predicted molar refractivity (Wildman–Crippen MR) is 507 cm³/mol. The molecule has 1 amide bonds. The number of hydrogen-bond acceptors (Lipinski definition) is 13. The number of carbonyl (C=O) groups is 1. The molecule has 8 aromatic carbocycles. The summed E-state index contributed by atoms with van der Waals surface area (Å²) in [5.74, 6) is -1.45. The molecule has 139 heavy (non-hydrogen) atoms. The van der Waals surface area contributed by atoms with E-state index in [1.165, 1.54) is 201 Å². The Bertz CT molecular complexity index is 5520. The Morgan fingerprint density at radius 3 is 1.23 bits per heavy atom. The van der Waals surface area contributed by atoms with E-state index < -0.39 is 115 Å². The van der Waals surface area contributed by atoms with Gasteiger partial charge in [0.15, 0.2) is 9.84 Å². The first-order valence-electron chi connectivity index (χ1n) is 44.8. The monoisotopic (exact) mass is 1980 g/mol. The molecule has 0 saturated heterocycles. The quantitative estimate of drug-likeness (QED) is 0.0418. The number of halogens is 16. The summed E-state index contributed by atoms with van der Waals surface area (Å²) in [5.41, 5.74) is 5.55. The molecule has 0 bridgehead atoms. The van der Waals surface area contributed by atoms with Crippen LogP contribution < -0.4 is 5.73 Å². The van der Waals surface area contributed by atoms with Crippen LogP contribution in [-0.4, -0.2) is 91.3 Å². The first kappa shape index (κ1) is 119. The maximum Gasteiger partial charge on any atom is 0.360 e. The number of aromatic nitrogens is 3. The highest BCUT2D eigenvalue weighted by atomic mass is 32.2. The Morgan fingerprint density at radius 1 is 0.432 bits per heavy atom. The van der Waals surface area contributed by atoms with Crippen molar-refractivity contribution in [2.45, 2.75) is 264 Å². The standard InChI is InChI=1S/C20H23F2NO.C20H24F2O.C15H18F2N2O.C13H16F4O.C13H17F2NO2.C13H15F2NO.C13H18F2O3S/c1-19(2,3)20(21,22)24-13-16-6-4-5-7-17(16)15-10-11-18(23-12-15)14-8-9-14;1-19(2,3)20(21,22)23-15-14-18(16-10-6-4-7-11-16)17-12-8-5-9-13-17;1-14(2,3)15(16,17)20-11-12-7-4-5-8-13(12)19-10-6-9-18-19;1-12(2,3)13(16,17)18-8-7-9-10(14)5-4-6-11(9)15;1-12(2,3)13(14,15)18-8-9-5-4-6-10(7-9)11(16)17;1-12(2,3)13(14,15)17-9-11-6-4-5-10(7-11)8-16;1-12(2,3)13(14,15)18-9-10-5-7-11(8-6-10)19(4,16)17/h4-7,10-12,14H,8-9,13H2,1-3H3;4-13,18H,14-15H2,1-3H3;4-10H,11H2,1-3H3;4-6H,7-8H2,1-3H3;4-7H,8H2,1-3H3,(H2,16,17);4-7H,9H2,1-3H3;5-8H,9H2,1-4H3. The fourth-order valence-electron chi connectivity index (χ4n) is 11.4. The second-order valence-corrected chi connectivity index (χ2v) is 42.4. The van der Waals surface area contributed by atoms with Gasteiger partial charge in [-0.15, -0.1) is 0 Å². The van der Waals surface area contributed by atoms with E-state index in [-0.39, 0.29) is 68.0 Å². The van der Waals surface area contributed by atoms with Crippen LogP contribution in [0, 0.1) is 60.9 Å². The van der Waals surface area contributed by atoms with E-state index >= 15 is 0 Å². The van der Waals surface area contributed by atoms with Gasteiger partial charge >= 0.3 is 42.8 Å². The Labute approximate surface area is 807 Å². The summed E-state index contributed by atoms with van der Waals surface area (Å²) in [4.78, 5) is 15.6. The minimum atomic E-state index is -3.34. The number of sulfone groups is 1. The van der Waals surface area contributed by atoms with Gasteiger partial charge in [-0.2, -0.15) is 71.8 Å². The Kier molecular flexibility index (Phi) is 42.7. The number of carbonyl (C=O) groups excluding carboxylic acids is 1. The van der Waals surface area contributed by atoms with Gasteiger partial charge in [-0.3, -0.25) is 9.78 Å². The van der Waals surface area contributed by atoms with Gasteiger partial charge < -0.3 is 38.9 Å². The van der Waals surface area contributed by atoms with Crippen molar-refractivity contribution in [3.8, 4) is 22.9 Å². The first-order valence-corrected chi connectivity index (χ1v) is 46.7. The van der Waals surface area contributed by atoms with E-state index in [9.17, 15) is 83.5 Å². The lowest BCUT2D eigenvalue weighted by Crippen LogP contribution is -2.37. The molecule has 10 aromatic rings. The van der Waals surface area contributed by atoms with Gasteiger partial charge in [-0.05, 0) is 125 Å². The Balaban J connectivity index is 0.000000287. The van der Waals surface area contributed by atoms with E-state index in [0.717, 1.165) is 57.6 Å². The number of hydrogen-bond donors (Lipinski definition) is 1. The second-order valence-electron chi connectivity index (χ2n) is 40.4. The molecule has 1 fully saturated rings. The summed E-state index contributed by atoms with van der Waals surface area (Å²) in [6.07, 6.45) is -13.5. The van der Waals surface area contributed by atoms with Crippen LogP contribution in [0.25, 0.3) is 16.8 Å². The van der Waals surface area contributed by atoms with Gasteiger partial charge in [0.2, 0.25) is 5.91 Å². The van der Waals surface area contributed by atoms with Gasteiger partial charge in [0.05, 0.1) is 106 Å². The molecule has 1 saturated carbocycles. The van der Waals surface area contributed by atoms with Crippen LogP contribution >= 0.6 is 0 Å². The molecular formula is C107H131F16N5O10S. The number of nitrogens with two attached hydrogens (primary N) is 1. The molecule has 762 valence electrons. The average Bonchev–Trinajstić information content (AvgIpc) is 1.59. The van der Waals surface area contributed by atoms with Crippen LogP contribution in [0.5, 0.6) is 0 Å². The van der Waals surface area contributed by atoms with Crippen molar-refractivity contribution in [3.63, 3.8) is 0 Å². The first-order chi connectivity index (χ1) is 63.9. The number of primary amides is 1. The summed E-state index contributed by atoms with van der Waals surface area (Å²) in [7, 11) is -3.28.